The van der Waals surface area contributed by atoms with Crippen molar-refractivity contribution in [3.8, 4) is 5.75 Å². The van der Waals surface area contributed by atoms with Crippen LogP contribution < -0.4 is 10.5 Å². The van der Waals surface area contributed by atoms with Crippen molar-refractivity contribution in [1.82, 2.24) is 0 Å². The maximum Gasteiger partial charge on any atom is 0.273 e. The first-order valence-corrected chi connectivity index (χ1v) is 6.21. The van der Waals surface area contributed by atoms with Crippen LogP contribution in [0.15, 0.2) is 42.5 Å². The summed E-state index contributed by atoms with van der Waals surface area (Å²) in [4.78, 5) is 21.7. The van der Waals surface area contributed by atoms with E-state index in [-0.39, 0.29) is 11.3 Å². The Bertz CT molecular complexity index is 681. The molecule has 2 aromatic rings. The standard InChI is InChI=1S/C15H14N2O4/c1-21-13-6-2-10(3-7-13)8-11-4-5-12(15(16)18)9-14(11)17(19)20/h2-7,9H,8H2,1H3,(H2,16,18). The Morgan fingerprint density at radius 1 is 1.24 bits per heavy atom. The molecule has 0 atom stereocenters. The molecule has 0 aliphatic heterocycles. The Kier molecular flexibility index (Phi) is 4.18. The summed E-state index contributed by atoms with van der Waals surface area (Å²) in [6.45, 7) is 0. The molecule has 108 valence electrons. The smallest absolute Gasteiger partial charge is 0.273 e. The fourth-order valence-electron chi connectivity index (χ4n) is 2.00. The zero-order valence-corrected chi connectivity index (χ0v) is 11.4. The van der Waals surface area contributed by atoms with Gasteiger partial charge in [-0.15, -0.1) is 0 Å². The summed E-state index contributed by atoms with van der Waals surface area (Å²) in [5, 5.41) is 11.1. The lowest BCUT2D eigenvalue weighted by molar-refractivity contribution is -0.385. The fourth-order valence-corrected chi connectivity index (χ4v) is 2.00. The van der Waals surface area contributed by atoms with E-state index in [1.165, 1.54) is 12.1 Å². The lowest BCUT2D eigenvalue weighted by Gasteiger charge is -2.06. The van der Waals surface area contributed by atoms with Gasteiger partial charge in [0.2, 0.25) is 5.91 Å². The maximum atomic E-state index is 11.1. The molecule has 0 radical (unpaired) electrons. The van der Waals surface area contributed by atoms with Crippen molar-refractivity contribution in [1.29, 1.82) is 0 Å². The highest BCUT2D eigenvalue weighted by atomic mass is 16.6. The van der Waals surface area contributed by atoms with Crippen LogP contribution >= 0.6 is 0 Å². The molecule has 0 aliphatic carbocycles. The van der Waals surface area contributed by atoms with Crippen molar-refractivity contribution in [2.24, 2.45) is 5.73 Å². The van der Waals surface area contributed by atoms with Crippen LogP contribution in [-0.2, 0) is 6.42 Å². The number of rotatable bonds is 5. The summed E-state index contributed by atoms with van der Waals surface area (Å²) in [5.74, 6) is 0.0337. The van der Waals surface area contributed by atoms with Crippen LogP contribution in [0.25, 0.3) is 0 Å². The second-order valence-corrected chi connectivity index (χ2v) is 4.49. The van der Waals surface area contributed by atoms with Crippen LogP contribution in [0.2, 0.25) is 0 Å². The Labute approximate surface area is 121 Å². The predicted octanol–water partition coefficient (Wildman–Crippen LogP) is 2.29. The first-order valence-electron chi connectivity index (χ1n) is 6.21. The molecule has 0 heterocycles. The number of methoxy groups -OCH3 is 1. The summed E-state index contributed by atoms with van der Waals surface area (Å²) >= 11 is 0. The number of hydrogen-bond acceptors (Lipinski definition) is 4. The average molecular weight is 286 g/mol. The molecule has 2 aromatic carbocycles. The molecule has 0 aromatic heterocycles. The Balaban J connectivity index is 2.34. The molecule has 0 bridgehead atoms. The molecular weight excluding hydrogens is 272 g/mol. The number of nitro groups is 1. The number of carbonyl (C=O) groups is 1. The number of nitrogens with zero attached hydrogens (tertiary/aromatic N) is 1. The van der Waals surface area contributed by atoms with E-state index in [1.54, 1.807) is 25.3 Å². The van der Waals surface area contributed by atoms with E-state index in [4.69, 9.17) is 10.5 Å². The van der Waals surface area contributed by atoms with Gasteiger partial charge in [-0.25, -0.2) is 0 Å². The van der Waals surface area contributed by atoms with Crippen molar-refractivity contribution >= 4 is 11.6 Å². The lowest BCUT2D eigenvalue weighted by Crippen LogP contribution is -2.11. The number of nitro benzene ring substituents is 1. The monoisotopic (exact) mass is 286 g/mol. The molecule has 1 amide bonds. The number of hydrogen-bond donors (Lipinski definition) is 1. The van der Waals surface area contributed by atoms with Gasteiger partial charge in [-0.1, -0.05) is 18.2 Å². The number of carbonyl (C=O) groups excluding carboxylic acids is 1. The molecule has 0 saturated heterocycles. The van der Waals surface area contributed by atoms with Gasteiger partial charge in [0.05, 0.1) is 12.0 Å². The van der Waals surface area contributed by atoms with Gasteiger partial charge in [-0.2, -0.15) is 0 Å². The Morgan fingerprint density at radius 3 is 2.43 bits per heavy atom. The molecule has 0 spiro atoms. The van der Waals surface area contributed by atoms with Gasteiger partial charge in [-0.05, 0) is 23.8 Å². The minimum Gasteiger partial charge on any atom is -0.497 e. The van der Waals surface area contributed by atoms with E-state index in [9.17, 15) is 14.9 Å². The molecule has 0 unspecified atom stereocenters. The van der Waals surface area contributed by atoms with Gasteiger partial charge in [0, 0.05) is 23.6 Å². The summed E-state index contributed by atoms with van der Waals surface area (Å²) < 4.78 is 5.06. The number of primary amides is 1. The quantitative estimate of drug-likeness (QED) is 0.673. The van der Waals surface area contributed by atoms with Crippen molar-refractivity contribution in [3.63, 3.8) is 0 Å². The summed E-state index contributed by atoms with van der Waals surface area (Å²) in [6.07, 6.45) is 0.388. The van der Waals surface area contributed by atoms with E-state index in [2.05, 4.69) is 0 Å². The van der Waals surface area contributed by atoms with Gasteiger partial charge in [0.15, 0.2) is 0 Å². The summed E-state index contributed by atoms with van der Waals surface area (Å²) in [7, 11) is 1.57. The van der Waals surface area contributed by atoms with Gasteiger partial charge in [-0.3, -0.25) is 14.9 Å². The van der Waals surface area contributed by atoms with E-state index in [1.807, 2.05) is 12.1 Å². The van der Waals surface area contributed by atoms with E-state index in [0.717, 1.165) is 11.3 Å². The number of amides is 1. The molecule has 6 nitrogen and oxygen atoms in total. The van der Waals surface area contributed by atoms with Gasteiger partial charge in [0.1, 0.15) is 5.75 Å². The number of benzene rings is 2. The predicted molar refractivity (Wildman–Crippen MR) is 77.4 cm³/mol. The fraction of sp³-hybridized carbons (Fsp3) is 0.133. The molecule has 0 saturated carbocycles. The normalized spacial score (nSPS) is 10.1. The van der Waals surface area contributed by atoms with Gasteiger partial charge >= 0.3 is 0 Å². The molecule has 21 heavy (non-hydrogen) atoms. The minimum atomic E-state index is -0.686. The summed E-state index contributed by atoms with van der Waals surface area (Å²) in [5.41, 5.74) is 6.59. The van der Waals surface area contributed by atoms with Crippen LogP contribution in [0.5, 0.6) is 5.75 Å². The average Bonchev–Trinajstić information content (AvgIpc) is 2.48. The van der Waals surface area contributed by atoms with E-state index < -0.39 is 10.8 Å². The SMILES string of the molecule is COc1ccc(Cc2ccc(C(N)=O)cc2[N+](=O)[O-])cc1. The minimum absolute atomic E-state index is 0.109. The highest BCUT2D eigenvalue weighted by molar-refractivity contribution is 5.93. The van der Waals surface area contributed by atoms with Crippen LogP contribution in [-0.4, -0.2) is 17.9 Å². The third-order valence-electron chi connectivity index (χ3n) is 3.12. The highest BCUT2D eigenvalue weighted by Gasteiger charge is 2.16. The van der Waals surface area contributed by atoms with E-state index in [0.29, 0.717) is 12.0 Å². The Hall–Kier alpha value is -2.89. The lowest BCUT2D eigenvalue weighted by atomic mass is 10.0. The van der Waals surface area contributed by atoms with Crippen LogP contribution in [0.1, 0.15) is 21.5 Å². The zero-order chi connectivity index (χ0) is 15.4. The Morgan fingerprint density at radius 2 is 1.90 bits per heavy atom. The third-order valence-corrected chi connectivity index (χ3v) is 3.12. The van der Waals surface area contributed by atoms with Crippen LogP contribution in [0, 0.1) is 10.1 Å². The maximum absolute atomic E-state index is 11.1. The van der Waals surface area contributed by atoms with Gasteiger partial charge in [0.25, 0.3) is 5.69 Å². The third kappa shape index (κ3) is 3.36. The highest BCUT2D eigenvalue weighted by Crippen LogP contribution is 2.24. The molecule has 2 N–H and O–H groups in total. The van der Waals surface area contributed by atoms with Crippen molar-refractivity contribution in [2.45, 2.75) is 6.42 Å². The first kappa shape index (κ1) is 14.5. The largest absolute Gasteiger partial charge is 0.497 e. The second-order valence-electron chi connectivity index (χ2n) is 4.49. The molecule has 6 heteroatoms. The summed E-state index contributed by atoms with van der Waals surface area (Å²) in [6, 6.07) is 11.5. The van der Waals surface area contributed by atoms with Crippen molar-refractivity contribution in [2.75, 3.05) is 7.11 Å². The van der Waals surface area contributed by atoms with Crippen molar-refractivity contribution in [3.05, 3.63) is 69.3 Å². The molecular formula is C15H14N2O4. The van der Waals surface area contributed by atoms with E-state index >= 15 is 0 Å². The molecule has 0 fully saturated rings. The molecule has 0 aliphatic rings. The second kappa shape index (κ2) is 6.04. The topological polar surface area (TPSA) is 95.5 Å². The van der Waals surface area contributed by atoms with Crippen LogP contribution in [0.3, 0.4) is 0 Å². The number of ether oxygens (including phenoxy) is 1. The zero-order valence-electron chi connectivity index (χ0n) is 11.4. The molecule has 2 rings (SSSR count). The number of nitrogens with two attached hydrogens (primary N) is 1. The first-order chi connectivity index (χ1) is 10.0. The van der Waals surface area contributed by atoms with Gasteiger partial charge < -0.3 is 10.5 Å². The van der Waals surface area contributed by atoms with Crippen molar-refractivity contribution < 1.29 is 14.5 Å². The van der Waals surface area contributed by atoms with Crippen LogP contribution in [0.4, 0.5) is 5.69 Å².